The lowest BCUT2D eigenvalue weighted by atomic mass is 9.84. The van der Waals surface area contributed by atoms with Gasteiger partial charge in [-0.05, 0) is 38.8 Å². The third kappa shape index (κ3) is 4.41. The fourth-order valence-electron chi connectivity index (χ4n) is 2.87. The standard InChI is InChI=1S/C17H23F3N2O2/c1-16(2,3)24-15(23)22-9-8-14(21)12(10-22)11-6-4-5-7-13(11)17(18,19)20/h4-7,12,14H,8-10,21H2,1-3H3/t12-,14-/m0/s1. The first-order valence-electron chi connectivity index (χ1n) is 7.88. The van der Waals surface area contributed by atoms with Crippen molar-refractivity contribution in [3.05, 3.63) is 35.4 Å². The number of carbonyl (C=O) groups is 1. The number of hydrogen-bond donors (Lipinski definition) is 1. The molecule has 7 heteroatoms. The summed E-state index contributed by atoms with van der Waals surface area (Å²) in [6, 6.07) is 4.96. The maximum absolute atomic E-state index is 13.3. The zero-order chi connectivity index (χ0) is 18.1. The van der Waals surface area contributed by atoms with E-state index in [0.717, 1.165) is 6.07 Å². The van der Waals surface area contributed by atoms with E-state index in [1.165, 1.54) is 17.0 Å². The summed E-state index contributed by atoms with van der Waals surface area (Å²) in [5.74, 6) is -0.580. The van der Waals surface area contributed by atoms with E-state index in [1.807, 2.05) is 0 Å². The van der Waals surface area contributed by atoms with Gasteiger partial charge in [0.1, 0.15) is 5.60 Å². The number of amides is 1. The Balaban J connectivity index is 2.26. The normalized spacial score (nSPS) is 22.4. The van der Waals surface area contributed by atoms with Crippen molar-refractivity contribution in [1.29, 1.82) is 0 Å². The molecule has 4 nitrogen and oxygen atoms in total. The van der Waals surface area contributed by atoms with Crippen molar-refractivity contribution in [3.63, 3.8) is 0 Å². The van der Waals surface area contributed by atoms with Crippen LogP contribution in [0.3, 0.4) is 0 Å². The average molecular weight is 344 g/mol. The van der Waals surface area contributed by atoms with Crippen LogP contribution in [0.15, 0.2) is 24.3 Å². The van der Waals surface area contributed by atoms with Crippen LogP contribution >= 0.6 is 0 Å². The summed E-state index contributed by atoms with van der Waals surface area (Å²) in [6.07, 6.45) is -4.55. The van der Waals surface area contributed by atoms with Gasteiger partial charge in [0, 0.05) is 25.0 Å². The number of rotatable bonds is 1. The number of likely N-dealkylation sites (tertiary alicyclic amines) is 1. The minimum Gasteiger partial charge on any atom is -0.444 e. The molecule has 0 radical (unpaired) electrons. The van der Waals surface area contributed by atoms with Gasteiger partial charge in [0.05, 0.1) is 5.56 Å². The highest BCUT2D eigenvalue weighted by Crippen LogP contribution is 2.37. The molecule has 0 aliphatic carbocycles. The average Bonchev–Trinajstić information content (AvgIpc) is 2.45. The second-order valence-electron chi connectivity index (χ2n) is 7.07. The molecule has 2 atom stereocenters. The molecule has 1 aliphatic heterocycles. The maximum atomic E-state index is 13.3. The number of halogens is 3. The number of benzene rings is 1. The minimum atomic E-state index is -4.45. The molecule has 0 bridgehead atoms. The van der Waals surface area contributed by atoms with Crippen LogP contribution < -0.4 is 5.73 Å². The molecule has 2 rings (SSSR count). The van der Waals surface area contributed by atoms with Gasteiger partial charge in [0.2, 0.25) is 0 Å². The molecule has 1 aromatic carbocycles. The summed E-state index contributed by atoms with van der Waals surface area (Å²) < 4.78 is 45.1. The van der Waals surface area contributed by atoms with Gasteiger partial charge in [-0.15, -0.1) is 0 Å². The summed E-state index contributed by atoms with van der Waals surface area (Å²) in [5.41, 5.74) is 4.84. The molecule has 0 spiro atoms. The van der Waals surface area contributed by atoms with Crippen LogP contribution in [0.1, 0.15) is 44.2 Å². The van der Waals surface area contributed by atoms with Crippen molar-refractivity contribution in [1.82, 2.24) is 4.90 Å². The molecule has 1 aliphatic rings. The van der Waals surface area contributed by atoms with Crippen LogP contribution in [0, 0.1) is 0 Å². The number of carbonyl (C=O) groups excluding carboxylic acids is 1. The topological polar surface area (TPSA) is 55.6 Å². The van der Waals surface area contributed by atoms with E-state index in [9.17, 15) is 18.0 Å². The summed E-state index contributed by atoms with van der Waals surface area (Å²) in [5, 5.41) is 0. The Hall–Kier alpha value is -1.76. The quantitative estimate of drug-likeness (QED) is 0.844. The van der Waals surface area contributed by atoms with E-state index < -0.39 is 35.4 Å². The second-order valence-corrected chi connectivity index (χ2v) is 7.07. The fraction of sp³-hybridized carbons (Fsp3) is 0.588. The Kier molecular flexibility index (Phi) is 5.13. The Labute approximate surface area is 139 Å². The van der Waals surface area contributed by atoms with Crippen molar-refractivity contribution >= 4 is 6.09 Å². The molecule has 0 saturated carbocycles. The smallest absolute Gasteiger partial charge is 0.416 e. The summed E-state index contributed by atoms with van der Waals surface area (Å²) >= 11 is 0. The third-order valence-corrected chi connectivity index (χ3v) is 3.98. The first kappa shape index (κ1) is 18.6. The zero-order valence-corrected chi connectivity index (χ0v) is 14.1. The molecular formula is C17H23F3N2O2. The first-order valence-corrected chi connectivity index (χ1v) is 7.88. The lowest BCUT2D eigenvalue weighted by molar-refractivity contribution is -0.138. The second kappa shape index (κ2) is 6.63. The molecule has 134 valence electrons. The Morgan fingerprint density at radius 2 is 1.88 bits per heavy atom. The van der Waals surface area contributed by atoms with Crippen molar-refractivity contribution in [3.8, 4) is 0 Å². The summed E-state index contributed by atoms with van der Waals surface area (Å²) in [7, 11) is 0. The molecule has 24 heavy (non-hydrogen) atoms. The number of hydrogen-bond acceptors (Lipinski definition) is 3. The Bertz CT molecular complexity index is 596. The predicted octanol–water partition coefficient (Wildman–Crippen LogP) is 3.76. The van der Waals surface area contributed by atoms with E-state index in [-0.39, 0.29) is 12.1 Å². The van der Waals surface area contributed by atoms with Crippen molar-refractivity contribution in [2.24, 2.45) is 5.73 Å². The number of nitrogens with two attached hydrogens (primary N) is 1. The number of alkyl halides is 3. The molecule has 1 aromatic rings. The first-order chi connectivity index (χ1) is 11.0. The van der Waals surface area contributed by atoms with E-state index in [1.54, 1.807) is 26.8 Å². The monoisotopic (exact) mass is 344 g/mol. The fourth-order valence-corrected chi connectivity index (χ4v) is 2.87. The lowest BCUT2D eigenvalue weighted by Gasteiger charge is -2.38. The molecule has 1 amide bonds. The van der Waals surface area contributed by atoms with Gasteiger partial charge in [0.15, 0.2) is 0 Å². The highest BCUT2D eigenvalue weighted by Gasteiger charge is 2.39. The van der Waals surface area contributed by atoms with Crippen molar-refractivity contribution in [2.45, 2.75) is 50.9 Å². The zero-order valence-electron chi connectivity index (χ0n) is 14.1. The molecule has 0 unspecified atom stereocenters. The number of piperidine rings is 1. The van der Waals surface area contributed by atoms with Gasteiger partial charge < -0.3 is 15.4 Å². The van der Waals surface area contributed by atoms with Crippen LogP contribution in [0.2, 0.25) is 0 Å². The molecule has 0 aromatic heterocycles. The summed E-state index contributed by atoms with van der Waals surface area (Å²) in [6.45, 7) is 5.73. The largest absolute Gasteiger partial charge is 0.444 e. The molecule has 1 heterocycles. The number of ether oxygens (including phenoxy) is 1. The minimum absolute atomic E-state index is 0.114. The van der Waals surface area contributed by atoms with Crippen LogP contribution in [-0.2, 0) is 10.9 Å². The van der Waals surface area contributed by atoms with Crippen molar-refractivity contribution in [2.75, 3.05) is 13.1 Å². The van der Waals surface area contributed by atoms with Gasteiger partial charge >= 0.3 is 12.3 Å². The van der Waals surface area contributed by atoms with Crippen LogP contribution in [-0.4, -0.2) is 35.7 Å². The highest BCUT2D eigenvalue weighted by atomic mass is 19.4. The van der Waals surface area contributed by atoms with E-state index in [0.29, 0.717) is 13.0 Å². The predicted molar refractivity (Wildman–Crippen MR) is 84.6 cm³/mol. The summed E-state index contributed by atoms with van der Waals surface area (Å²) in [4.78, 5) is 13.7. The van der Waals surface area contributed by atoms with Gasteiger partial charge in [0.25, 0.3) is 0 Å². The van der Waals surface area contributed by atoms with E-state index >= 15 is 0 Å². The van der Waals surface area contributed by atoms with E-state index in [4.69, 9.17) is 10.5 Å². The van der Waals surface area contributed by atoms with Crippen LogP contribution in [0.25, 0.3) is 0 Å². The van der Waals surface area contributed by atoms with Crippen LogP contribution in [0.5, 0.6) is 0 Å². The SMILES string of the molecule is CC(C)(C)OC(=O)N1CC[C@H](N)[C@H](c2ccccc2C(F)(F)F)C1. The van der Waals surface area contributed by atoms with Crippen LogP contribution in [0.4, 0.5) is 18.0 Å². The van der Waals surface area contributed by atoms with Gasteiger partial charge in [-0.3, -0.25) is 0 Å². The third-order valence-electron chi connectivity index (χ3n) is 3.98. The van der Waals surface area contributed by atoms with Gasteiger partial charge in [-0.25, -0.2) is 4.79 Å². The number of nitrogens with zero attached hydrogens (tertiary/aromatic N) is 1. The highest BCUT2D eigenvalue weighted by molar-refractivity contribution is 5.68. The van der Waals surface area contributed by atoms with Crippen molar-refractivity contribution < 1.29 is 22.7 Å². The van der Waals surface area contributed by atoms with Gasteiger partial charge in [-0.1, -0.05) is 18.2 Å². The molecule has 1 saturated heterocycles. The maximum Gasteiger partial charge on any atom is 0.416 e. The Morgan fingerprint density at radius 3 is 2.46 bits per heavy atom. The van der Waals surface area contributed by atoms with Gasteiger partial charge in [-0.2, -0.15) is 13.2 Å². The Morgan fingerprint density at radius 1 is 1.25 bits per heavy atom. The molecule has 1 fully saturated rings. The lowest BCUT2D eigenvalue weighted by Crippen LogP contribution is -2.49. The molecule has 2 N–H and O–H groups in total. The van der Waals surface area contributed by atoms with E-state index in [2.05, 4.69) is 0 Å². The molecular weight excluding hydrogens is 321 g/mol.